The second-order valence-corrected chi connectivity index (χ2v) is 9.56. The number of piperidine rings is 1. The van der Waals surface area contributed by atoms with Crippen molar-refractivity contribution in [2.24, 2.45) is 5.92 Å². The lowest BCUT2D eigenvalue weighted by atomic mass is 9.98. The average molecular weight is 411 g/mol. The molecule has 3 rings (SSSR count). The van der Waals surface area contributed by atoms with Crippen molar-refractivity contribution in [1.29, 1.82) is 0 Å². The van der Waals surface area contributed by atoms with Crippen LogP contribution in [0.2, 0.25) is 0 Å². The lowest BCUT2D eigenvalue weighted by molar-refractivity contribution is -0.126. The van der Waals surface area contributed by atoms with Crippen LogP contribution in [0.4, 0.5) is 4.39 Å². The number of amides is 1. The van der Waals surface area contributed by atoms with E-state index >= 15 is 0 Å². The van der Waals surface area contributed by atoms with Crippen molar-refractivity contribution < 1.29 is 17.6 Å². The Morgan fingerprint density at radius 3 is 2.70 bits per heavy atom. The highest BCUT2D eigenvalue weighted by atomic mass is 32.2. The molecule has 1 fully saturated rings. The molecule has 1 aromatic heterocycles. The third kappa shape index (κ3) is 4.56. The molecule has 5 nitrogen and oxygen atoms in total. The zero-order chi connectivity index (χ0) is 19.4. The molecule has 146 valence electrons. The van der Waals surface area contributed by atoms with Crippen LogP contribution >= 0.6 is 11.3 Å². The topological polar surface area (TPSA) is 66.5 Å². The number of carbonyl (C=O) groups is 1. The van der Waals surface area contributed by atoms with Crippen molar-refractivity contribution in [2.75, 3.05) is 13.1 Å². The predicted molar refractivity (Wildman–Crippen MR) is 103 cm³/mol. The van der Waals surface area contributed by atoms with Gasteiger partial charge >= 0.3 is 0 Å². The second kappa shape index (κ2) is 8.50. The Bertz CT molecular complexity index is 867. The summed E-state index contributed by atoms with van der Waals surface area (Å²) in [5.41, 5.74) is 0. The molecule has 0 spiro atoms. The molecular formula is C19H23FN2O3S2. The number of thiophene rings is 1. The Hall–Kier alpha value is -1.77. The van der Waals surface area contributed by atoms with Gasteiger partial charge in [-0.15, -0.1) is 11.3 Å². The number of rotatable bonds is 6. The van der Waals surface area contributed by atoms with E-state index in [4.69, 9.17) is 0 Å². The third-order valence-electron chi connectivity index (χ3n) is 4.82. The molecule has 1 N–H and O–H groups in total. The summed E-state index contributed by atoms with van der Waals surface area (Å²) in [6, 6.07) is 8.68. The Kier molecular flexibility index (Phi) is 6.29. The van der Waals surface area contributed by atoms with Gasteiger partial charge in [-0.3, -0.25) is 4.79 Å². The highest BCUT2D eigenvalue weighted by Crippen LogP contribution is 2.26. The van der Waals surface area contributed by atoms with Crippen molar-refractivity contribution in [3.8, 4) is 0 Å². The molecule has 0 radical (unpaired) electrons. The summed E-state index contributed by atoms with van der Waals surface area (Å²) in [6.07, 6.45) is 2.05. The van der Waals surface area contributed by atoms with E-state index < -0.39 is 15.8 Å². The minimum Gasteiger partial charge on any atom is -0.348 e. The molecule has 1 aliphatic rings. The highest BCUT2D eigenvalue weighted by molar-refractivity contribution is 7.89. The van der Waals surface area contributed by atoms with Crippen molar-refractivity contribution >= 4 is 27.3 Å². The van der Waals surface area contributed by atoms with Gasteiger partial charge in [0.15, 0.2) is 0 Å². The molecule has 2 unspecified atom stereocenters. The van der Waals surface area contributed by atoms with E-state index in [2.05, 4.69) is 5.32 Å². The Balaban J connectivity index is 1.70. The first-order chi connectivity index (χ1) is 12.9. The summed E-state index contributed by atoms with van der Waals surface area (Å²) in [4.78, 5) is 13.9. The number of hydrogen-bond acceptors (Lipinski definition) is 4. The first-order valence-electron chi connectivity index (χ1n) is 9.01. The lowest BCUT2D eigenvalue weighted by Gasteiger charge is -2.32. The number of nitrogens with one attached hydrogen (secondary N) is 1. The van der Waals surface area contributed by atoms with E-state index in [0.717, 1.165) is 23.4 Å². The van der Waals surface area contributed by atoms with Crippen LogP contribution in [0.3, 0.4) is 0 Å². The van der Waals surface area contributed by atoms with Crippen molar-refractivity contribution in [2.45, 2.75) is 37.1 Å². The number of halogens is 1. The smallest absolute Gasteiger partial charge is 0.243 e. The third-order valence-corrected chi connectivity index (χ3v) is 7.68. The Morgan fingerprint density at radius 1 is 1.33 bits per heavy atom. The van der Waals surface area contributed by atoms with E-state index in [1.165, 1.54) is 16.4 Å². The number of benzene rings is 1. The average Bonchev–Trinajstić information content (AvgIpc) is 3.21. The second-order valence-electron chi connectivity index (χ2n) is 6.64. The van der Waals surface area contributed by atoms with E-state index in [0.29, 0.717) is 19.4 Å². The van der Waals surface area contributed by atoms with Gasteiger partial charge in [-0.05, 0) is 55.0 Å². The molecule has 2 aromatic rings. The fourth-order valence-electron chi connectivity index (χ4n) is 3.28. The molecule has 0 bridgehead atoms. The van der Waals surface area contributed by atoms with E-state index in [-0.39, 0.29) is 29.3 Å². The highest BCUT2D eigenvalue weighted by Gasteiger charge is 2.34. The summed E-state index contributed by atoms with van der Waals surface area (Å²) >= 11 is 1.60. The fraction of sp³-hybridized carbons (Fsp3) is 0.421. The van der Waals surface area contributed by atoms with Crippen LogP contribution in [-0.4, -0.2) is 31.7 Å². The molecule has 27 heavy (non-hydrogen) atoms. The zero-order valence-corrected chi connectivity index (χ0v) is 16.7. The first-order valence-corrected chi connectivity index (χ1v) is 11.3. The van der Waals surface area contributed by atoms with Gasteiger partial charge in [0.25, 0.3) is 0 Å². The molecule has 0 saturated carbocycles. The van der Waals surface area contributed by atoms with E-state index in [9.17, 15) is 17.6 Å². The van der Waals surface area contributed by atoms with Gasteiger partial charge < -0.3 is 5.32 Å². The number of nitrogens with zero attached hydrogens (tertiary/aromatic N) is 1. The maximum absolute atomic E-state index is 13.1. The lowest BCUT2D eigenvalue weighted by Crippen LogP contribution is -2.45. The van der Waals surface area contributed by atoms with Gasteiger partial charge in [0, 0.05) is 18.0 Å². The van der Waals surface area contributed by atoms with Gasteiger partial charge in [0.1, 0.15) is 5.82 Å². The minimum absolute atomic E-state index is 0.0509. The number of hydrogen-bond donors (Lipinski definition) is 1. The SMILES string of the molecule is CCC(NC(=O)C1CCCN(S(=O)(=O)c2ccc(F)cc2)C1)c1cccs1. The number of carbonyl (C=O) groups excluding carboxylic acids is 1. The molecule has 2 atom stereocenters. The van der Waals surface area contributed by atoms with Crippen molar-refractivity contribution in [3.63, 3.8) is 0 Å². The Morgan fingerprint density at radius 2 is 2.07 bits per heavy atom. The summed E-state index contributed by atoms with van der Waals surface area (Å²) in [6.45, 7) is 2.52. The Labute approximate surface area is 163 Å². The zero-order valence-electron chi connectivity index (χ0n) is 15.1. The van der Waals surface area contributed by atoms with Gasteiger partial charge in [0.05, 0.1) is 16.9 Å². The molecule has 1 aliphatic heterocycles. The van der Waals surface area contributed by atoms with Gasteiger partial charge in [-0.2, -0.15) is 4.31 Å². The molecule has 1 saturated heterocycles. The summed E-state index contributed by atoms with van der Waals surface area (Å²) in [7, 11) is -3.73. The van der Waals surface area contributed by atoms with Crippen LogP contribution in [0.1, 0.15) is 37.1 Å². The van der Waals surface area contributed by atoms with Crippen LogP contribution < -0.4 is 5.32 Å². The molecule has 1 aromatic carbocycles. The van der Waals surface area contributed by atoms with E-state index in [1.54, 1.807) is 11.3 Å². The van der Waals surface area contributed by atoms with Gasteiger partial charge in [-0.25, -0.2) is 12.8 Å². The summed E-state index contributed by atoms with van der Waals surface area (Å²) in [5.74, 6) is -0.985. The van der Waals surface area contributed by atoms with Crippen LogP contribution in [0.15, 0.2) is 46.7 Å². The first kappa shape index (κ1) is 20.0. The maximum atomic E-state index is 13.1. The fourth-order valence-corrected chi connectivity index (χ4v) is 5.67. The van der Waals surface area contributed by atoms with Crippen LogP contribution in [0.5, 0.6) is 0 Å². The predicted octanol–water partition coefficient (Wildman–Crippen LogP) is 3.56. The maximum Gasteiger partial charge on any atom is 0.243 e. The van der Waals surface area contributed by atoms with Crippen LogP contribution in [0.25, 0.3) is 0 Å². The number of sulfonamides is 1. The summed E-state index contributed by atoms with van der Waals surface area (Å²) < 4.78 is 40.0. The van der Waals surface area contributed by atoms with E-state index in [1.807, 2.05) is 24.4 Å². The molecular weight excluding hydrogens is 387 g/mol. The normalized spacial score (nSPS) is 19.6. The quantitative estimate of drug-likeness (QED) is 0.792. The van der Waals surface area contributed by atoms with Crippen molar-refractivity contribution in [1.82, 2.24) is 9.62 Å². The molecule has 1 amide bonds. The molecule has 8 heteroatoms. The van der Waals surface area contributed by atoms with Gasteiger partial charge in [0.2, 0.25) is 15.9 Å². The summed E-state index contributed by atoms with van der Waals surface area (Å²) in [5, 5.41) is 5.03. The van der Waals surface area contributed by atoms with Gasteiger partial charge in [-0.1, -0.05) is 13.0 Å². The monoisotopic (exact) mass is 410 g/mol. The standard InChI is InChI=1S/C19H23FN2O3S2/c1-2-17(18-6-4-12-26-18)21-19(23)14-5-3-11-22(13-14)27(24,25)16-9-7-15(20)8-10-16/h4,6-10,12,14,17H,2-3,5,11,13H2,1H3,(H,21,23). The molecule has 0 aliphatic carbocycles. The molecule has 2 heterocycles. The minimum atomic E-state index is -3.73. The largest absolute Gasteiger partial charge is 0.348 e. The van der Waals surface area contributed by atoms with Crippen molar-refractivity contribution in [3.05, 3.63) is 52.5 Å². The van der Waals surface area contributed by atoms with Crippen LogP contribution in [-0.2, 0) is 14.8 Å². The van der Waals surface area contributed by atoms with Crippen LogP contribution in [0, 0.1) is 11.7 Å².